The highest BCUT2D eigenvalue weighted by Crippen LogP contribution is 2.30. The maximum atomic E-state index is 12.7. The third-order valence-electron chi connectivity index (χ3n) is 4.33. The monoisotopic (exact) mass is 449 g/mol. The lowest BCUT2D eigenvalue weighted by molar-refractivity contribution is -0.137. The minimum Gasteiger partial charge on any atom is -0.404 e. The number of anilines is 2. The van der Waals surface area contributed by atoms with Crippen molar-refractivity contribution in [2.45, 2.75) is 26.1 Å². The number of hydrogen-bond acceptors (Lipinski definition) is 3. The molecule has 0 aliphatic carbocycles. The molecule has 0 fully saturated rings. The van der Waals surface area contributed by atoms with E-state index in [4.69, 9.17) is 5.73 Å². The van der Waals surface area contributed by atoms with Crippen LogP contribution in [0, 0.1) is 0 Å². The van der Waals surface area contributed by atoms with Crippen LogP contribution >= 0.6 is 0 Å². The molecule has 31 heavy (non-hydrogen) atoms. The van der Waals surface area contributed by atoms with Gasteiger partial charge in [-0.1, -0.05) is 6.07 Å². The van der Waals surface area contributed by atoms with Crippen molar-refractivity contribution in [2.75, 3.05) is 9.44 Å². The van der Waals surface area contributed by atoms with Crippen molar-refractivity contribution >= 4 is 45.2 Å². The van der Waals surface area contributed by atoms with Gasteiger partial charge in [0.1, 0.15) is 0 Å². The van der Waals surface area contributed by atoms with Gasteiger partial charge in [-0.15, -0.1) is 0 Å². The van der Waals surface area contributed by atoms with Crippen LogP contribution < -0.4 is 15.2 Å². The Balaban J connectivity index is 1.77. The highest BCUT2D eigenvalue weighted by molar-refractivity contribution is 7.87. The second kappa shape index (κ2) is 9.25. The summed E-state index contributed by atoms with van der Waals surface area (Å²) in [7, 11) is 0. The van der Waals surface area contributed by atoms with E-state index in [1.807, 2.05) is 32.0 Å². The SMILES string of the molecule is CC(C)N=C/C(=C\N)c1ccc2[nH]cc(NS(=O)Nc3ccc(C(F)(F)F)cc3)c2c1. The van der Waals surface area contributed by atoms with E-state index in [0.717, 1.165) is 34.2 Å². The predicted molar refractivity (Wildman–Crippen MR) is 121 cm³/mol. The molecular formula is C21H22F3N5OS. The molecule has 0 saturated carbocycles. The molecule has 164 valence electrons. The van der Waals surface area contributed by atoms with Crippen molar-refractivity contribution in [1.82, 2.24) is 4.98 Å². The normalized spacial score (nSPS) is 13.8. The molecule has 10 heteroatoms. The van der Waals surface area contributed by atoms with Gasteiger partial charge in [-0.2, -0.15) is 13.2 Å². The topological polar surface area (TPSA) is 95.3 Å². The molecule has 1 heterocycles. The molecule has 1 atom stereocenters. The fraction of sp³-hybridized carbons (Fsp3) is 0.190. The summed E-state index contributed by atoms with van der Waals surface area (Å²) in [6, 6.07) is 10.1. The van der Waals surface area contributed by atoms with Gasteiger partial charge in [-0.3, -0.25) is 14.4 Å². The highest BCUT2D eigenvalue weighted by atomic mass is 32.2. The van der Waals surface area contributed by atoms with Gasteiger partial charge >= 0.3 is 6.18 Å². The number of aromatic amines is 1. The summed E-state index contributed by atoms with van der Waals surface area (Å²) in [4.78, 5) is 7.43. The van der Waals surface area contributed by atoms with Gasteiger partial charge in [0.15, 0.2) is 0 Å². The van der Waals surface area contributed by atoms with Crippen LogP contribution in [-0.4, -0.2) is 21.4 Å². The smallest absolute Gasteiger partial charge is 0.404 e. The van der Waals surface area contributed by atoms with Crippen LogP contribution in [0.4, 0.5) is 24.5 Å². The van der Waals surface area contributed by atoms with E-state index in [-0.39, 0.29) is 11.7 Å². The van der Waals surface area contributed by atoms with Crippen LogP contribution in [0.1, 0.15) is 25.0 Å². The molecule has 3 aromatic rings. The zero-order chi connectivity index (χ0) is 22.6. The molecule has 6 nitrogen and oxygen atoms in total. The van der Waals surface area contributed by atoms with Crippen molar-refractivity contribution in [3.05, 3.63) is 66.0 Å². The molecule has 5 N–H and O–H groups in total. The molecule has 0 amide bonds. The molecule has 0 radical (unpaired) electrons. The Morgan fingerprint density at radius 1 is 1.16 bits per heavy atom. The number of aliphatic imine (C=N–C) groups is 1. The molecule has 3 rings (SSSR count). The van der Waals surface area contributed by atoms with E-state index in [9.17, 15) is 17.4 Å². The minimum atomic E-state index is -4.42. The Morgan fingerprint density at radius 2 is 1.87 bits per heavy atom. The lowest BCUT2D eigenvalue weighted by Gasteiger charge is -2.10. The number of allylic oxidation sites excluding steroid dienone is 1. The molecule has 0 aliphatic rings. The van der Waals surface area contributed by atoms with Crippen molar-refractivity contribution in [2.24, 2.45) is 10.7 Å². The third kappa shape index (κ3) is 5.66. The second-order valence-corrected chi connectivity index (χ2v) is 7.95. The first-order valence-corrected chi connectivity index (χ1v) is 10.5. The zero-order valence-corrected chi connectivity index (χ0v) is 17.6. The predicted octanol–water partition coefficient (Wildman–Crippen LogP) is 5.07. The first-order chi connectivity index (χ1) is 14.7. The van der Waals surface area contributed by atoms with Gasteiger partial charge in [0, 0.05) is 46.8 Å². The van der Waals surface area contributed by atoms with Gasteiger partial charge in [0.25, 0.3) is 0 Å². The van der Waals surface area contributed by atoms with Crippen molar-refractivity contribution in [3.8, 4) is 0 Å². The Kier molecular flexibility index (Phi) is 6.69. The summed E-state index contributed by atoms with van der Waals surface area (Å²) in [5.41, 5.74) is 8.22. The highest BCUT2D eigenvalue weighted by Gasteiger charge is 2.30. The first kappa shape index (κ1) is 22.4. The van der Waals surface area contributed by atoms with Gasteiger partial charge in [0.05, 0.1) is 11.3 Å². The Hall–Kier alpha value is -3.27. The molecule has 0 saturated heterocycles. The van der Waals surface area contributed by atoms with E-state index in [0.29, 0.717) is 5.69 Å². The average molecular weight is 450 g/mol. The van der Waals surface area contributed by atoms with Crippen LogP contribution in [0.5, 0.6) is 0 Å². The number of hydrogen-bond donors (Lipinski definition) is 4. The number of nitrogens with zero attached hydrogens (tertiary/aromatic N) is 1. The lowest BCUT2D eigenvalue weighted by Crippen LogP contribution is -2.13. The van der Waals surface area contributed by atoms with Gasteiger partial charge < -0.3 is 10.7 Å². The summed E-state index contributed by atoms with van der Waals surface area (Å²) in [5.74, 6) is 0. The summed E-state index contributed by atoms with van der Waals surface area (Å²) < 4.78 is 55.9. The standard InChI is InChI=1S/C21H22F3N5OS/c1-13(2)26-11-15(10-25)14-3-8-19-18(9-14)20(12-27-19)29-31(30)28-17-6-4-16(5-7-17)21(22,23)24/h3-13,27-29H,25H2,1-2H3/b15-10+,26-11?. The molecule has 1 unspecified atom stereocenters. The summed E-state index contributed by atoms with van der Waals surface area (Å²) in [6.07, 6.45) is 0.413. The van der Waals surface area contributed by atoms with Crippen LogP contribution in [0.15, 0.2) is 59.9 Å². The molecule has 0 aliphatic heterocycles. The molecule has 0 bridgehead atoms. The van der Waals surface area contributed by atoms with Gasteiger partial charge in [0.2, 0.25) is 11.2 Å². The van der Waals surface area contributed by atoms with Crippen LogP contribution in [0.3, 0.4) is 0 Å². The van der Waals surface area contributed by atoms with E-state index in [1.54, 1.807) is 12.4 Å². The number of fused-ring (bicyclic) bond motifs is 1. The summed E-state index contributed by atoms with van der Waals surface area (Å²) >= 11 is -1.78. The van der Waals surface area contributed by atoms with Crippen LogP contribution in [0.2, 0.25) is 0 Å². The first-order valence-electron chi connectivity index (χ1n) is 9.36. The Bertz CT molecular complexity index is 1130. The van der Waals surface area contributed by atoms with Crippen LogP contribution in [0.25, 0.3) is 16.5 Å². The fourth-order valence-corrected chi connectivity index (χ4v) is 3.56. The maximum absolute atomic E-state index is 12.7. The number of nitrogens with two attached hydrogens (primary N) is 1. The quantitative estimate of drug-likeness (QED) is 0.379. The van der Waals surface area contributed by atoms with Crippen molar-refractivity contribution in [1.29, 1.82) is 0 Å². The van der Waals surface area contributed by atoms with E-state index < -0.39 is 22.9 Å². The Labute approximate surface area is 180 Å². The number of aromatic nitrogens is 1. The third-order valence-corrected chi connectivity index (χ3v) is 5.16. The fourth-order valence-electron chi connectivity index (χ4n) is 2.79. The number of H-pyrrole nitrogens is 1. The van der Waals surface area contributed by atoms with Gasteiger partial charge in [-0.25, -0.2) is 4.21 Å². The molecule has 2 aromatic carbocycles. The van der Waals surface area contributed by atoms with Crippen molar-refractivity contribution in [3.63, 3.8) is 0 Å². The molecule has 0 spiro atoms. The number of rotatable bonds is 7. The average Bonchev–Trinajstić information content (AvgIpc) is 3.10. The number of nitrogens with one attached hydrogen (secondary N) is 3. The minimum absolute atomic E-state index is 0.127. The summed E-state index contributed by atoms with van der Waals surface area (Å²) in [6.45, 7) is 3.92. The summed E-state index contributed by atoms with van der Waals surface area (Å²) in [5, 5.41) is 0.775. The lowest BCUT2D eigenvalue weighted by atomic mass is 10.1. The number of benzene rings is 2. The van der Waals surface area contributed by atoms with E-state index >= 15 is 0 Å². The zero-order valence-electron chi connectivity index (χ0n) is 16.8. The second-order valence-electron chi connectivity index (χ2n) is 7.00. The largest absolute Gasteiger partial charge is 0.416 e. The van der Waals surface area contributed by atoms with E-state index in [1.165, 1.54) is 18.3 Å². The number of halogens is 3. The van der Waals surface area contributed by atoms with Crippen molar-refractivity contribution < 1.29 is 17.4 Å². The number of alkyl halides is 3. The van der Waals surface area contributed by atoms with Crippen LogP contribution in [-0.2, 0) is 17.3 Å². The molecular weight excluding hydrogens is 427 g/mol. The van der Waals surface area contributed by atoms with E-state index in [2.05, 4.69) is 19.4 Å². The van der Waals surface area contributed by atoms with Gasteiger partial charge in [-0.05, 0) is 55.8 Å². The Morgan fingerprint density at radius 3 is 2.48 bits per heavy atom. The maximum Gasteiger partial charge on any atom is 0.416 e. The molecule has 1 aromatic heterocycles.